The third-order valence-electron chi connectivity index (χ3n) is 12.3. The number of rotatable bonds is 6. The summed E-state index contributed by atoms with van der Waals surface area (Å²) in [6.45, 7) is 7.31. The van der Waals surface area contributed by atoms with E-state index in [1.807, 2.05) is 30.5 Å². The SMILES string of the molecule is CC(CCC(=O)NN=Cc1c[nH]c2ccccc12)C1CCC2C3C(O)CC4CC(O)CCC4(C)C3CCC12C. The molecule has 10 atom stereocenters. The molecule has 0 spiro atoms. The second-order valence-electron chi connectivity index (χ2n) is 14.1. The highest BCUT2D eigenvalue weighted by Crippen LogP contribution is 2.68. The molecule has 1 aromatic carbocycles. The van der Waals surface area contributed by atoms with Crippen LogP contribution in [0, 0.1) is 46.3 Å². The van der Waals surface area contributed by atoms with Gasteiger partial charge in [0.1, 0.15) is 0 Å². The first-order chi connectivity index (χ1) is 18.7. The van der Waals surface area contributed by atoms with Gasteiger partial charge in [0.25, 0.3) is 0 Å². The van der Waals surface area contributed by atoms with Crippen LogP contribution in [0.1, 0.15) is 90.5 Å². The smallest absolute Gasteiger partial charge is 0.240 e. The van der Waals surface area contributed by atoms with E-state index in [1.165, 1.54) is 25.7 Å². The number of fused-ring (bicyclic) bond motifs is 6. The normalized spacial score (nSPS) is 40.7. The zero-order valence-corrected chi connectivity index (χ0v) is 23.9. The number of carbonyl (C=O) groups excluding carboxylic acids is 1. The molecular weight excluding hydrogens is 486 g/mol. The number of aromatic amines is 1. The molecule has 2 aromatic rings. The first-order valence-electron chi connectivity index (χ1n) is 15.4. The second kappa shape index (κ2) is 10.3. The number of aliphatic hydroxyl groups is 2. The number of nitrogens with zero attached hydrogens (tertiary/aromatic N) is 1. The Hall–Kier alpha value is -2.18. The number of carbonyl (C=O) groups is 1. The maximum absolute atomic E-state index is 12.7. The summed E-state index contributed by atoms with van der Waals surface area (Å²) in [6, 6.07) is 8.07. The van der Waals surface area contributed by atoms with Gasteiger partial charge in [-0.05, 0) is 110 Å². The number of hydrogen-bond acceptors (Lipinski definition) is 4. The van der Waals surface area contributed by atoms with Crippen LogP contribution in [-0.4, -0.2) is 39.5 Å². The molecule has 212 valence electrons. The lowest BCUT2D eigenvalue weighted by atomic mass is 9.43. The molecule has 4 saturated carbocycles. The van der Waals surface area contributed by atoms with E-state index in [1.54, 1.807) is 6.21 Å². The van der Waals surface area contributed by atoms with Gasteiger partial charge in [0.05, 0.1) is 18.4 Å². The van der Waals surface area contributed by atoms with Crippen LogP contribution in [0.15, 0.2) is 35.6 Å². The third kappa shape index (κ3) is 4.65. The van der Waals surface area contributed by atoms with Crippen molar-refractivity contribution < 1.29 is 15.0 Å². The molecule has 39 heavy (non-hydrogen) atoms. The van der Waals surface area contributed by atoms with Crippen molar-refractivity contribution in [2.45, 2.75) is 97.2 Å². The number of hydrogen-bond donors (Lipinski definition) is 4. The minimum absolute atomic E-state index is 0.0255. The lowest BCUT2D eigenvalue weighted by Crippen LogP contribution is -2.58. The topological polar surface area (TPSA) is 97.7 Å². The predicted octanol–water partition coefficient (Wildman–Crippen LogP) is 6.02. The van der Waals surface area contributed by atoms with E-state index in [0.29, 0.717) is 41.9 Å². The molecule has 0 radical (unpaired) electrons. The van der Waals surface area contributed by atoms with Gasteiger partial charge in [0.15, 0.2) is 0 Å². The Morgan fingerprint density at radius 3 is 2.72 bits per heavy atom. The molecule has 4 aliphatic carbocycles. The zero-order chi connectivity index (χ0) is 27.4. The molecule has 4 fully saturated rings. The summed E-state index contributed by atoms with van der Waals surface area (Å²) >= 11 is 0. The summed E-state index contributed by atoms with van der Waals surface area (Å²) in [4.78, 5) is 15.9. The molecule has 10 unspecified atom stereocenters. The lowest BCUT2D eigenvalue weighted by molar-refractivity contribution is -0.174. The fourth-order valence-corrected chi connectivity index (χ4v) is 10.2. The average molecular weight is 534 g/mol. The quantitative estimate of drug-likeness (QED) is 0.270. The van der Waals surface area contributed by atoms with Gasteiger partial charge >= 0.3 is 0 Å². The fraction of sp³-hybridized carbons (Fsp3) is 0.697. The molecule has 0 bridgehead atoms. The maximum Gasteiger partial charge on any atom is 0.240 e. The van der Waals surface area contributed by atoms with Crippen molar-refractivity contribution in [3.63, 3.8) is 0 Å². The highest BCUT2D eigenvalue weighted by molar-refractivity contribution is 5.99. The predicted molar refractivity (Wildman–Crippen MR) is 155 cm³/mol. The Labute approximate surface area is 233 Å². The van der Waals surface area contributed by atoms with E-state index in [0.717, 1.165) is 48.6 Å². The van der Waals surface area contributed by atoms with E-state index in [9.17, 15) is 15.0 Å². The van der Waals surface area contributed by atoms with Crippen LogP contribution in [-0.2, 0) is 4.79 Å². The molecule has 6 nitrogen and oxygen atoms in total. The molecule has 1 amide bonds. The van der Waals surface area contributed by atoms with Gasteiger partial charge in [-0.2, -0.15) is 5.10 Å². The Balaban J connectivity index is 1.06. The van der Waals surface area contributed by atoms with E-state index in [2.05, 4.69) is 36.3 Å². The van der Waals surface area contributed by atoms with Crippen molar-refractivity contribution in [2.24, 2.45) is 51.4 Å². The second-order valence-corrected chi connectivity index (χ2v) is 14.1. The molecule has 6 heteroatoms. The monoisotopic (exact) mass is 533 g/mol. The number of benzene rings is 1. The van der Waals surface area contributed by atoms with Gasteiger partial charge in [-0.15, -0.1) is 0 Å². The van der Waals surface area contributed by atoms with Crippen molar-refractivity contribution in [3.8, 4) is 0 Å². The number of para-hydroxylation sites is 1. The molecule has 4 N–H and O–H groups in total. The van der Waals surface area contributed by atoms with Gasteiger partial charge in [-0.3, -0.25) is 4.79 Å². The van der Waals surface area contributed by atoms with Crippen LogP contribution in [0.2, 0.25) is 0 Å². The van der Waals surface area contributed by atoms with Crippen molar-refractivity contribution in [2.75, 3.05) is 0 Å². The van der Waals surface area contributed by atoms with Crippen molar-refractivity contribution in [1.82, 2.24) is 10.4 Å². The Morgan fingerprint density at radius 1 is 1.10 bits per heavy atom. The van der Waals surface area contributed by atoms with Crippen LogP contribution in [0.4, 0.5) is 0 Å². The average Bonchev–Trinajstić information content (AvgIpc) is 3.49. The standard InChI is InChI=1S/C33H47N3O3/c1-20(8-11-30(39)36-35-19-21-18-34-28-7-5-4-6-24(21)28)25-9-10-26-31-27(13-15-33(25,26)3)32(2)14-12-23(37)16-22(32)17-29(31)38/h4-7,18-20,22-23,25-27,29,31,34,37-38H,8-17H2,1-3H3,(H,36,39). The molecule has 1 aromatic heterocycles. The van der Waals surface area contributed by atoms with Crippen molar-refractivity contribution >= 4 is 23.0 Å². The highest BCUT2D eigenvalue weighted by Gasteiger charge is 2.62. The molecular formula is C33H47N3O3. The first-order valence-corrected chi connectivity index (χ1v) is 15.4. The number of H-pyrrole nitrogens is 1. The van der Waals surface area contributed by atoms with Gasteiger partial charge in [-0.1, -0.05) is 39.0 Å². The van der Waals surface area contributed by atoms with Crippen molar-refractivity contribution in [3.05, 3.63) is 36.0 Å². The Morgan fingerprint density at radius 2 is 1.87 bits per heavy atom. The molecule has 0 saturated heterocycles. The highest BCUT2D eigenvalue weighted by atomic mass is 16.3. The molecule has 1 heterocycles. The van der Waals surface area contributed by atoms with Gasteiger partial charge in [0.2, 0.25) is 5.91 Å². The summed E-state index contributed by atoms with van der Waals surface area (Å²) < 4.78 is 0. The van der Waals surface area contributed by atoms with E-state index in [-0.39, 0.29) is 28.9 Å². The van der Waals surface area contributed by atoms with E-state index >= 15 is 0 Å². The number of aliphatic hydroxyl groups excluding tert-OH is 2. The number of hydrazone groups is 1. The largest absolute Gasteiger partial charge is 0.393 e. The van der Waals surface area contributed by atoms with Crippen LogP contribution in [0.5, 0.6) is 0 Å². The fourth-order valence-electron chi connectivity index (χ4n) is 10.2. The van der Waals surface area contributed by atoms with Gasteiger partial charge in [-0.25, -0.2) is 5.43 Å². The summed E-state index contributed by atoms with van der Waals surface area (Å²) in [5.74, 6) is 3.02. The lowest BCUT2D eigenvalue weighted by Gasteiger charge is -2.62. The van der Waals surface area contributed by atoms with Crippen LogP contribution < -0.4 is 5.43 Å². The summed E-state index contributed by atoms with van der Waals surface area (Å²) in [7, 11) is 0. The Kier molecular flexibility index (Phi) is 7.16. The minimum atomic E-state index is -0.238. The zero-order valence-electron chi connectivity index (χ0n) is 23.9. The number of amides is 1. The summed E-state index contributed by atoms with van der Waals surface area (Å²) in [5.41, 5.74) is 5.27. The van der Waals surface area contributed by atoms with Crippen molar-refractivity contribution in [1.29, 1.82) is 0 Å². The summed E-state index contributed by atoms with van der Waals surface area (Å²) in [5, 5.41) is 27.1. The minimum Gasteiger partial charge on any atom is -0.393 e. The van der Waals surface area contributed by atoms with Gasteiger partial charge < -0.3 is 15.2 Å². The van der Waals surface area contributed by atoms with Crippen LogP contribution in [0.25, 0.3) is 10.9 Å². The third-order valence-corrected chi connectivity index (χ3v) is 12.3. The van der Waals surface area contributed by atoms with E-state index in [4.69, 9.17) is 0 Å². The van der Waals surface area contributed by atoms with E-state index < -0.39 is 0 Å². The molecule has 6 rings (SSSR count). The van der Waals surface area contributed by atoms with Crippen LogP contribution >= 0.6 is 0 Å². The first kappa shape index (κ1) is 27.0. The number of aromatic nitrogens is 1. The Bertz CT molecular complexity index is 1220. The summed E-state index contributed by atoms with van der Waals surface area (Å²) in [6.07, 6.45) is 13.2. The molecule has 0 aliphatic heterocycles. The number of nitrogens with one attached hydrogen (secondary N) is 2. The van der Waals surface area contributed by atoms with Gasteiger partial charge in [0, 0.05) is 29.1 Å². The van der Waals surface area contributed by atoms with Crippen LogP contribution in [0.3, 0.4) is 0 Å². The maximum atomic E-state index is 12.7. The molecule has 4 aliphatic rings.